The third-order valence-electron chi connectivity index (χ3n) is 4.95. The Morgan fingerprint density at radius 2 is 2.00 bits per heavy atom. The predicted octanol–water partition coefficient (Wildman–Crippen LogP) is 1.61. The molecule has 2 N–H and O–H groups in total. The van der Waals surface area contributed by atoms with Gasteiger partial charge in [0.2, 0.25) is 0 Å². The summed E-state index contributed by atoms with van der Waals surface area (Å²) in [6.07, 6.45) is 7.76. The maximum Gasteiger partial charge on any atom is 0.0733 e. The molecule has 18 heavy (non-hydrogen) atoms. The van der Waals surface area contributed by atoms with Gasteiger partial charge in [-0.25, -0.2) is 0 Å². The summed E-state index contributed by atoms with van der Waals surface area (Å²) < 4.78 is 0. The monoisotopic (exact) mass is 267 g/mol. The van der Waals surface area contributed by atoms with Crippen LogP contribution in [0.3, 0.4) is 0 Å². The molecule has 2 heterocycles. The van der Waals surface area contributed by atoms with Crippen LogP contribution in [-0.4, -0.2) is 53.6 Å². The van der Waals surface area contributed by atoms with Crippen LogP contribution in [0.5, 0.6) is 0 Å². The van der Waals surface area contributed by atoms with Gasteiger partial charge in [0, 0.05) is 25.6 Å². The molecule has 3 rings (SSSR count). The topological polar surface area (TPSA) is 32.5 Å². The van der Waals surface area contributed by atoms with Crippen molar-refractivity contribution in [3.8, 4) is 0 Å². The predicted molar refractivity (Wildman–Crippen MR) is 78.7 cm³/mol. The van der Waals surface area contributed by atoms with Gasteiger partial charge < -0.3 is 10.6 Å². The van der Waals surface area contributed by atoms with E-state index in [-0.39, 0.29) is 0 Å². The number of rotatable bonds is 4. The van der Waals surface area contributed by atoms with Crippen LogP contribution >= 0.6 is 12.2 Å². The highest BCUT2D eigenvalue weighted by molar-refractivity contribution is 7.80. The van der Waals surface area contributed by atoms with Crippen molar-refractivity contribution < 1.29 is 0 Å². The molecule has 0 aromatic heterocycles. The first kappa shape index (κ1) is 12.8. The van der Waals surface area contributed by atoms with Gasteiger partial charge in [0.1, 0.15) is 0 Å². The third-order valence-corrected chi connectivity index (χ3v) is 5.10. The van der Waals surface area contributed by atoms with Crippen molar-refractivity contribution in [2.45, 2.75) is 44.6 Å². The first-order chi connectivity index (χ1) is 8.67. The first-order valence-corrected chi connectivity index (χ1v) is 7.82. The fraction of sp³-hybridized carbons (Fsp3) is 0.929. The molecule has 0 aromatic carbocycles. The lowest BCUT2D eigenvalue weighted by molar-refractivity contribution is 0.193. The molecule has 2 saturated heterocycles. The van der Waals surface area contributed by atoms with Crippen molar-refractivity contribution >= 4 is 17.2 Å². The van der Waals surface area contributed by atoms with Crippen LogP contribution in [0, 0.1) is 5.41 Å². The van der Waals surface area contributed by atoms with Crippen LogP contribution in [0.25, 0.3) is 0 Å². The summed E-state index contributed by atoms with van der Waals surface area (Å²) in [6.45, 7) is 6.42. The molecule has 102 valence electrons. The third kappa shape index (κ3) is 2.86. The molecule has 0 aromatic rings. The van der Waals surface area contributed by atoms with E-state index in [0.29, 0.717) is 10.4 Å². The molecular formula is C14H25N3S. The summed E-state index contributed by atoms with van der Waals surface area (Å²) in [5.41, 5.74) is 6.20. The summed E-state index contributed by atoms with van der Waals surface area (Å²) in [5, 5.41) is 0. The molecule has 3 nitrogen and oxygen atoms in total. The summed E-state index contributed by atoms with van der Waals surface area (Å²) in [5.74, 6) is 0. The molecule has 0 bridgehead atoms. The second kappa shape index (κ2) is 5.06. The zero-order valence-corrected chi connectivity index (χ0v) is 12.1. The van der Waals surface area contributed by atoms with Crippen LogP contribution < -0.4 is 5.73 Å². The second-order valence-electron chi connectivity index (χ2n) is 6.56. The van der Waals surface area contributed by atoms with E-state index in [1.807, 2.05) is 0 Å². The molecule has 1 saturated carbocycles. The minimum atomic E-state index is 0.458. The molecule has 0 spiro atoms. The molecule has 0 amide bonds. The van der Waals surface area contributed by atoms with E-state index >= 15 is 0 Å². The van der Waals surface area contributed by atoms with Crippen LogP contribution in [0.4, 0.5) is 0 Å². The van der Waals surface area contributed by atoms with Crippen molar-refractivity contribution in [3.05, 3.63) is 0 Å². The second-order valence-corrected chi connectivity index (χ2v) is 7.09. The molecule has 3 fully saturated rings. The van der Waals surface area contributed by atoms with Gasteiger partial charge in [-0.05, 0) is 57.2 Å². The fourth-order valence-corrected chi connectivity index (χ4v) is 4.14. The Labute approximate surface area is 116 Å². The van der Waals surface area contributed by atoms with Gasteiger partial charge in [0.25, 0.3) is 0 Å². The van der Waals surface area contributed by atoms with E-state index in [0.717, 1.165) is 12.5 Å². The van der Waals surface area contributed by atoms with Crippen molar-refractivity contribution in [3.63, 3.8) is 0 Å². The number of thiocarbonyl (C=S) groups is 1. The highest BCUT2D eigenvalue weighted by Crippen LogP contribution is 2.49. The van der Waals surface area contributed by atoms with Gasteiger partial charge in [-0.3, -0.25) is 4.90 Å². The molecule has 1 unspecified atom stereocenters. The normalized spacial score (nSPS) is 31.9. The van der Waals surface area contributed by atoms with Crippen LogP contribution in [0.15, 0.2) is 0 Å². The average Bonchev–Trinajstić information content (AvgIpc) is 2.95. The minimum absolute atomic E-state index is 0.458. The number of hydrogen-bond donors (Lipinski definition) is 1. The molecular weight excluding hydrogens is 242 g/mol. The maximum absolute atomic E-state index is 5.74. The Morgan fingerprint density at radius 3 is 2.72 bits per heavy atom. The lowest BCUT2D eigenvalue weighted by Gasteiger charge is -2.29. The molecule has 3 aliphatic rings. The van der Waals surface area contributed by atoms with Gasteiger partial charge >= 0.3 is 0 Å². The van der Waals surface area contributed by atoms with E-state index in [2.05, 4.69) is 9.80 Å². The van der Waals surface area contributed by atoms with Crippen LogP contribution in [0.1, 0.15) is 38.5 Å². The van der Waals surface area contributed by atoms with Crippen LogP contribution in [0.2, 0.25) is 0 Å². The van der Waals surface area contributed by atoms with Crippen molar-refractivity contribution in [2.75, 3.05) is 32.7 Å². The van der Waals surface area contributed by atoms with E-state index in [1.54, 1.807) is 0 Å². The SMILES string of the molecule is NC(=S)CC1(CN2CCCN3CCCC3C2)CC1. The molecule has 4 heteroatoms. The number of nitrogens with zero attached hydrogens (tertiary/aromatic N) is 2. The van der Waals surface area contributed by atoms with Gasteiger partial charge in [-0.15, -0.1) is 0 Å². The maximum atomic E-state index is 5.74. The van der Waals surface area contributed by atoms with E-state index in [9.17, 15) is 0 Å². The molecule has 0 radical (unpaired) electrons. The Balaban J connectivity index is 1.57. The number of hydrogen-bond acceptors (Lipinski definition) is 3. The van der Waals surface area contributed by atoms with Crippen LogP contribution in [-0.2, 0) is 0 Å². The lowest BCUT2D eigenvalue weighted by Crippen LogP contribution is -2.39. The standard InChI is InChI=1S/C14H25N3S/c15-13(18)9-14(4-5-14)11-16-6-2-8-17-7-1-3-12(17)10-16/h12H,1-11H2,(H2,15,18). The lowest BCUT2D eigenvalue weighted by atomic mass is 10.0. The Morgan fingerprint density at radius 1 is 1.22 bits per heavy atom. The summed E-state index contributed by atoms with van der Waals surface area (Å²) in [7, 11) is 0. The highest BCUT2D eigenvalue weighted by Gasteiger charge is 2.44. The first-order valence-electron chi connectivity index (χ1n) is 7.42. The van der Waals surface area contributed by atoms with E-state index in [4.69, 9.17) is 18.0 Å². The summed E-state index contributed by atoms with van der Waals surface area (Å²) in [6, 6.07) is 0.827. The van der Waals surface area contributed by atoms with Gasteiger partial charge in [0.05, 0.1) is 4.99 Å². The summed E-state index contributed by atoms with van der Waals surface area (Å²) in [4.78, 5) is 6.11. The van der Waals surface area contributed by atoms with Gasteiger partial charge in [-0.2, -0.15) is 0 Å². The molecule has 1 atom stereocenters. The zero-order chi connectivity index (χ0) is 12.6. The fourth-order valence-electron chi connectivity index (χ4n) is 3.84. The smallest absolute Gasteiger partial charge is 0.0733 e. The quantitative estimate of drug-likeness (QED) is 0.785. The minimum Gasteiger partial charge on any atom is -0.393 e. The number of nitrogens with two attached hydrogens (primary N) is 1. The van der Waals surface area contributed by atoms with Gasteiger partial charge in [-0.1, -0.05) is 12.2 Å². The Bertz CT molecular complexity index is 327. The van der Waals surface area contributed by atoms with E-state index < -0.39 is 0 Å². The van der Waals surface area contributed by atoms with Gasteiger partial charge in [0.15, 0.2) is 0 Å². The largest absolute Gasteiger partial charge is 0.393 e. The Kier molecular flexibility index (Phi) is 3.61. The van der Waals surface area contributed by atoms with Crippen molar-refractivity contribution in [2.24, 2.45) is 11.1 Å². The van der Waals surface area contributed by atoms with Crippen molar-refractivity contribution in [1.29, 1.82) is 0 Å². The molecule has 2 aliphatic heterocycles. The van der Waals surface area contributed by atoms with Crippen molar-refractivity contribution in [1.82, 2.24) is 9.80 Å². The van der Waals surface area contributed by atoms with E-state index in [1.165, 1.54) is 64.8 Å². The molecule has 1 aliphatic carbocycles. The average molecular weight is 267 g/mol. The Hall–Kier alpha value is -0.190. The number of fused-ring (bicyclic) bond motifs is 1. The summed E-state index contributed by atoms with van der Waals surface area (Å²) >= 11 is 5.10. The zero-order valence-electron chi connectivity index (χ0n) is 11.2. The highest BCUT2D eigenvalue weighted by atomic mass is 32.1.